The lowest BCUT2D eigenvalue weighted by Crippen LogP contribution is -2.10. The minimum Gasteiger partial charge on any atom is -0.507 e. The molecule has 5 N–H and O–H groups in total. The molecule has 0 radical (unpaired) electrons. The summed E-state index contributed by atoms with van der Waals surface area (Å²) in [6, 6.07) is 9.74. The summed E-state index contributed by atoms with van der Waals surface area (Å²) in [7, 11) is -9.03. The van der Waals surface area contributed by atoms with Crippen LogP contribution in [0.25, 0.3) is 16.5 Å². The van der Waals surface area contributed by atoms with Crippen molar-refractivity contribution >= 4 is 42.4 Å². The number of benzene rings is 3. The zero-order valence-corrected chi connectivity index (χ0v) is 19.5. The molecular formula is C22H21N3O7S2. The van der Waals surface area contributed by atoms with Crippen molar-refractivity contribution < 1.29 is 31.0 Å². The van der Waals surface area contributed by atoms with Gasteiger partial charge in [0.05, 0.1) is 21.7 Å². The van der Waals surface area contributed by atoms with E-state index < -0.39 is 31.2 Å². The van der Waals surface area contributed by atoms with Gasteiger partial charge in [-0.3, -0.25) is 9.11 Å². The van der Waals surface area contributed by atoms with Crippen molar-refractivity contribution in [3.63, 3.8) is 0 Å². The quantitative estimate of drug-likeness (QED) is 0.208. The van der Waals surface area contributed by atoms with Gasteiger partial charge >= 0.3 is 0 Å². The van der Waals surface area contributed by atoms with Crippen LogP contribution < -0.4 is 5.73 Å². The van der Waals surface area contributed by atoms with E-state index >= 15 is 0 Å². The third-order valence-corrected chi connectivity index (χ3v) is 6.62. The van der Waals surface area contributed by atoms with Gasteiger partial charge in [-0.2, -0.15) is 16.8 Å². The van der Waals surface area contributed by atoms with Gasteiger partial charge in [0.2, 0.25) is 0 Å². The Morgan fingerprint density at radius 2 is 1.76 bits per heavy atom. The van der Waals surface area contributed by atoms with Crippen LogP contribution in [0, 0.1) is 0 Å². The Bertz CT molecular complexity index is 1560. The van der Waals surface area contributed by atoms with Crippen LogP contribution in [0.5, 0.6) is 5.75 Å². The number of hydrogen-bond acceptors (Lipinski definition) is 8. The van der Waals surface area contributed by atoms with Gasteiger partial charge in [-0.15, -0.1) is 10.2 Å². The number of hydrogen-bond donors (Lipinski definition) is 4. The Morgan fingerprint density at radius 3 is 2.35 bits per heavy atom. The van der Waals surface area contributed by atoms with Gasteiger partial charge in [0, 0.05) is 17.0 Å². The van der Waals surface area contributed by atoms with E-state index in [-0.39, 0.29) is 32.8 Å². The third-order valence-electron chi connectivity index (χ3n) is 4.86. The molecule has 0 aliphatic rings. The van der Waals surface area contributed by atoms with Crippen molar-refractivity contribution in [3.05, 3.63) is 78.4 Å². The normalized spacial score (nSPS) is 13.9. The molecule has 0 aliphatic heterocycles. The van der Waals surface area contributed by atoms with Crippen molar-refractivity contribution in [1.29, 1.82) is 0 Å². The fourth-order valence-electron chi connectivity index (χ4n) is 3.36. The number of nitrogens with zero attached hydrogens (tertiary/aromatic N) is 2. The number of aromatic hydroxyl groups is 1. The Kier molecular flexibility index (Phi) is 7.00. The van der Waals surface area contributed by atoms with Crippen molar-refractivity contribution in [2.24, 2.45) is 16.0 Å². The molecule has 0 fully saturated rings. The molecule has 1 atom stereocenters. The van der Waals surface area contributed by atoms with E-state index in [9.17, 15) is 31.0 Å². The topological polar surface area (TPSA) is 180 Å². The number of phenolic OH excluding ortho intramolecular Hbond substituents is 1. The van der Waals surface area contributed by atoms with Crippen molar-refractivity contribution in [2.75, 3.05) is 0 Å². The minimum atomic E-state index is -4.57. The highest BCUT2D eigenvalue weighted by molar-refractivity contribution is 7.86. The number of allylic oxidation sites excluding steroid dienone is 2. The maximum Gasteiger partial charge on any atom is 0.295 e. The molecule has 178 valence electrons. The minimum absolute atomic E-state index is 0.0435. The molecule has 0 heterocycles. The molecule has 0 saturated heterocycles. The average Bonchev–Trinajstić information content (AvgIpc) is 2.74. The third kappa shape index (κ3) is 5.21. The van der Waals surface area contributed by atoms with Gasteiger partial charge in [-0.05, 0) is 48.9 Å². The second kappa shape index (κ2) is 9.44. The maximum absolute atomic E-state index is 11.7. The maximum atomic E-state index is 11.7. The van der Waals surface area contributed by atoms with Crippen LogP contribution in [-0.2, 0) is 20.2 Å². The van der Waals surface area contributed by atoms with Crippen LogP contribution in [0.2, 0.25) is 0 Å². The van der Waals surface area contributed by atoms with Gasteiger partial charge in [0.15, 0.2) is 0 Å². The highest BCUT2D eigenvalue weighted by atomic mass is 32.2. The fourth-order valence-corrected chi connectivity index (χ4v) is 4.56. The highest BCUT2D eigenvalue weighted by Crippen LogP contribution is 2.38. The fraction of sp³-hybridized carbons (Fsp3) is 0.0909. The molecule has 0 aromatic heterocycles. The second-order valence-electron chi connectivity index (χ2n) is 7.26. The highest BCUT2D eigenvalue weighted by Gasteiger charge is 2.19. The van der Waals surface area contributed by atoms with Gasteiger partial charge in [-0.1, -0.05) is 30.9 Å². The first kappa shape index (κ1) is 25.2. The molecule has 12 heteroatoms. The molecule has 10 nitrogen and oxygen atoms in total. The molecule has 3 aromatic carbocycles. The van der Waals surface area contributed by atoms with Crippen LogP contribution in [0.4, 0.5) is 5.69 Å². The first-order valence-electron chi connectivity index (χ1n) is 9.68. The molecule has 0 spiro atoms. The SMILES string of the molecule is C=C/C=C(/N=Nc1ccc(S(=O)(=O)O)c2cccc(O)c12)c1ccc(S(=O)(=O)O)cc1C(C)N. The predicted molar refractivity (Wildman–Crippen MR) is 127 cm³/mol. The number of nitrogens with two attached hydrogens (primary N) is 1. The summed E-state index contributed by atoms with van der Waals surface area (Å²) in [5.74, 6) is -0.278. The summed E-state index contributed by atoms with van der Waals surface area (Å²) < 4.78 is 65.4. The van der Waals surface area contributed by atoms with E-state index in [0.29, 0.717) is 11.1 Å². The number of phenols is 1. The summed E-state index contributed by atoms with van der Waals surface area (Å²) in [6.07, 6.45) is 2.92. The van der Waals surface area contributed by atoms with Crippen LogP contribution in [0.3, 0.4) is 0 Å². The molecule has 0 saturated carbocycles. The first-order chi connectivity index (χ1) is 15.8. The zero-order chi connectivity index (χ0) is 25.3. The Labute approximate surface area is 196 Å². The summed E-state index contributed by atoms with van der Waals surface area (Å²) >= 11 is 0. The lowest BCUT2D eigenvalue weighted by Gasteiger charge is -2.14. The average molecular weight is 504 g/mol. The van der Waals surface area contributed by atoms with Gasteiger partial charge < -0.3 is 10.8 Å². The second-order valence-corrected chi connectivity index (χ2v) is 10.1. The molecule has 0 bridgehead atoms. The molecule has 34 heavy (non-hydrogen) atoms. The van der Waals surface area contributed by atoms with Crippen molar-refractivity contribution in [2.45, 2.75) is 22.8 Å². The largest absolute Gasteiger partial charge is 0.507 e. The Morgan fingerprint density at radius 1 is 1.06 bits per heavy atom. The summed E-state index contributed by atoms with van der Waals surface area (Å²) in [5.41, 5.74) is 7.11. The lowest BCUT2D eigenvalue weighted by atomic mass is 9.99. The molecule has 0 amide bonds. The standard InChI is InChI=1S/C22H21N3O7S2/c1-3-5-18(15-9-8-14(33(27,28)29)12-17(15)13(2)23)24-25-19-10-11-21(34(30,31)32)16-6-4-7-20(26)22(16)19/h3-13,26H,1,23H2,2H3,(H,27,28,29)(H,30,31,32)/b18-5+,25-24?. The van der Waals surface area contributed by atoms with Crippen molar-refractivity contribution in [3.8, 4) is 5.75 Å². The molecule has 0 aliphatic carbocycles. The van der Waals surface area contributed by atoms with Gasteiger partial charge in [0.1, 0.15) is 10.6 Å². The van der Waals surface area contributed by atoms with E-state index in [1.807, 2.05) is 0 Å². The lowest BCUT2D eigenvalue weighted by molar-refractivity contribution is 0.480. The number of azo groups is 1. The predicted octanol–water partition coefficient (Wildman–Crippen LogP) is 4.37. The number of fused-ring (bicyclic) bond motifs is 1. The van der Waals surface area contributed by atoms with E-state index in [0.717, 1.165) is 6.07 Å². The smallest absolute Gasteiger partial charge is 0.295 e. The van der Waals surface area contributed by atoms with E-state index in [1.165, 1.54) is 54.6 Å². The Balaban J connectivity index is 2.20. The van der Waals surface area contributed by atoms with Crippen LogP contribution >= 0.6 is 0 Å². The molecule has 3 aromatic rings. The zero-order valence-electron chi connectivity index (χ0n) is 17.8. The first-order valence-corrected chi connectivity index (χ1v) is 12.6. The Hall–Kier alpha value is -3.42. The van der Waals surface area contributed by atoms with Crippen LogP contribution in [0.15, 0.2) is 87.3 Å². The van der Waals surface area contributed by atoms with E-state index in [1.54, 1.807) is 6.92 Å². The van der Waals surface area contributed by atoms with Gasteiger partial charge in [-0.25, -0.2) is 0 Å². The van der Waals surface area contributed by atoms with E-state index in [4.69, 9.17) is 5.73 Å². The van der Waals surface area contributed by atoms with Crippen molar-refractivity contribution in [1.82, 2.24) is 0 Å². The van der Waals surface area contributed by atoms with Crippen LogP contribution in [-0.4, -0.2) is 31.0 Å². The summed E-state index contributed by atoms with van der Waals surface area (Å²) in [4.78, 5) is -0.741. The van der Waals surface area contributed by atoms with E-state index in [2.05, 4.69) is 16.8 Å². The number of rotatable bonds is 7. The van der Waals surface area contributed by atoms with Gasteiger partial charge in [0.25, 0.3) is 20.2 Å². The molecular weight excluding hydrogens is 482 g/mol. The molecule has 3 rings (SSSR count). The summed E-state index contributed by atoms with van der Waals surface area (Å²) in [6.45, 7) is 5.26. The summed E-state index contributed by atoms with van der Waals surface area (Å²) in [5, 5.41) is 18.8. The molecule has 1 unspecified atom stereocenters. The monoisotopic (exact) mass is 503 g/mol. The van der Waals surface area contributed by atoms with Crippen LogP contribution in [0.1, 0.15) is 24.1 Å².